The van der Waals surface area contributed by atoms with E-state index in [1.165, 1.54) is 30.5 Å². The van der Waals surface area contributed by atoms with Crippen LogP contribution in [-0.2, 0) is 21.4 Å². The molecule has 0 saturated carbocycles. The van der Waals surface area contributed by atoms with Gasteiger partial charge in [0.25, 0.3) is 5.91 Å². The van der Waals surface area contributed by atoms with E-state index in [0.717, 1.165) is 13.0 Å². The number of hydrogen-bond donors (Lipinski definition) is 2. The molecule has 2 N–H and O–H groups in total. The van der Waals surface area contributed by atoms with Gasteiger partial charge < -0.3 is 14.6 Å². The number of hydrogen-bond acceptors (Lipinski definition) is 5. The summed E-state index contributed by atoms with van der Waals surface area (Å²) in [7, 11) is -3.69. The van der Waals surface area contributed by atoms with E-state index in [2.05, 4.69) is 10.0 Å². The Kier molecular flexibility index (Phi) is 6.48. The molecule has 1 aliphatic heterocycles. The first kappa shape index (κ1) is 20.1. The fourth-order valence-electron chi connectivity index (χ4n) is 2.96. The maximum atomic E-state index is 12.3. The number of amides is 2. The van der Waals surface area contributed by atoms with Crippen LogP contribution in [0.1, 0.15) is 35.4 Å². The largest absolute Gasteiger partial charge is 0.468 e. The summed E-state index contributed by atoms with van der Waals surface area (Å²) in [6.07, 6.45) is 3.66. The minimum atomic E-state index is -3.69. The Morgan fingerprint density at radius 1 is 1.18 bits per heavy atom. The number of nitrogens with one attached hydrogen (secondary N) is 2. The second kappa shape index (κ2) is 9.03. The zero-order valence-corrected chi connectivity index (χ0v) is 16.2. The Balaban J connectivity index is 1.47. The summed E-state index contributed by atoms with van der Waals surface area (Å²) in [5.74, 6) is 0.402. The number of likely N-dealkylation sites (tertiary alicyclic amines) is 1. The molecule has 0 atom stereocenters. The van der Waals surface area contributed by atoms with Crippen LogP contribution in [0.15, 0.2) is 52.0 Å². The third kappa shape index (κ3) is 5.20. The average Bonchev–Trinajstić information content (AvgIpc) is 3.35. The van der Waals surface area contributed by atoms with Gasteiger partial charge in [-0.3, -0.25) is 9.59 Å². The highest BCUT2D eigenvalue weighted by atomic mass is 32.2. The third-order valence-electron chi connectivity index (χ3n) is 4.51. The first-order chi connectivity index (χ1) is 13.5. The van der Waals surface area contributed by atoms with Crippen molar-refractivity contribution in [2.24, 2.45) is 0 Å². The maximum Gasteiger partial charge on any atom is 0.251 e. The van der Waals surface area contributed by atoms with Gasteiger partial charge in [0.1, 0.15) is 5.76 Å². The lowest BCUT2D eigenvalue weighted by atomic mass is 10.2. The third-order valence-corrected chi connectivity index (χ3v) is 5.92. The van der Waals surface area contributed by atoms with Crippen LogP contribution in [0.25, 0.3) is 0 Å². The molecular weight excluding hydrogens is 382 g/mol. The second-order valence-corrected chi connectivity index (χ2v) is 8.29. The van der Waals surface area contributed by atoms with Gasteiger partial charge in [0.15, 0.2) is 0 Å². The van der Waals surface area contributed by atoms with E-state index < -0.39 is 10.0 Å². The average molecular weight is 405 g/mol. The molecule has 2 heterocycles. The SMILES string of the molecule is O=C(NCCCN1CCCC1=O)c1ccc(S(=O)(=O)NCc2ccco2)cc1. The molecule has 9 heteroatoms. The quantitative estimate of drug-likeness (QED) is 0.615. The highest BCUT2D eigenvalue weighted by Crippen LogP contribution is 2.12. The predicted octanol–water partition coefficient (Wildman–Crippen LogP) is 1.50. The van der Waals surface area contributed by atoms with Crippen LogP contribution < -0.4 is 10.0 Å². The number of benzene rings is 1. The molecule has 1 aliphatic rings. The highest BCUT2D eigenvalue weighted by molar-refractivity contribution is 7.89. The molecule has 1 aromatic heterocycles. The Hall–Kier alpha value is -2.65. The van der Waals surface area contributed by atoms with Crippen LogP contribution in [0.4, 0.5) is 0 Å². The Morgan fingerprint density at radius 3 is 2.61 bits per heavy atom. The molecule has 0 bridgehead atoms. The van der Waals surface area contributed by atoms with Crippen molar-refractivity contribution >= 4 is 21.8 Å². The first-order valence-electron chi connectivity index (χ1n) is 9.14. The molecule has 0 spiro atoms. The van der Waals surface area contributed by atoms with Gasteiger partial charge in [-0.25, -0.2) is 13.1 Å². The standard InChI is InChI=1S/C19H23N3O5S/c23-18-5-1-11-22(18)12-3-10-20-19(24)15-6-8-17(9-7-15)28(25,26)21-14-16-4-2-13-27-16/h2,4,6-9,13,21H,1,3,5,10-12,14H2,(H,20,24). The summed E-state index contributed by atoms with van der Waals surface area (Å²) in [5, 5.41) is 2.79. The fraction of sp³-hybridized carbons (Fsp3) is 0.368. The van der Waals surface area contributed by atoms with Gasteiger partial charge in [0, 0.05) is 31.6 Å². The molecule has 28 heavy (non-hydrogen) atoms. The van der Waals surface area contributed by atoms with E-state index in [0.29, 0.717) is 37.3 Å². The molecule has 8 nitrogen and oxygen atoms in total. The fourth-order valence-corrected chi connectivity index (χ4v) is 3.96. The van der Waals surface area contributed by atoms with Crippen molar-refractivity contribution in [3.05, 3.63) is 54.0 Å². The summed E-state index contributed by atoms with van der Waals surface area (Å²) >= 11 is 0. The van der Waals surface area contributed by atoms with Crippen molar-refractivity contribution in [2.75, 3.05) is 19.6 Å². The summed E-state index contributed by atoms with van der Waals surface area (Å²) < 4.78 is 32.1. The van der Waals surface area contributed by atoms with Crippen LogP contribution in [0.5, 0.6) is 0 Å². The number of nitrogens with zero attached hydrogens (tertiary/aromatic N) is 1. The molecule has 1 aromatic carbocycles. The van der Waals surface area contributed by atoms with Gasteiger partial charge >= 0.3 is 0 Å². The van der Waals surface area contributed by atoms with Gasteiger partial charge in [-0.15, -0.1) is 0 Å². The molecule has 2 aromatic rings. The van der Waals surface area contributed by atoms with Crippen molar-refractivity contribution in [1.82, 2.24) is 14.9 Å². The lowest BCUT2D eigenvalue weighted by Gasteiger charge is -2.15. The maximum absolute atomic E-state index is 12.3. The first-order valence-corrected chi connectivity index (χ1v) is 10.6. The minimum Gasteiger partial charge on any atom is -0.468 e. The van der Waals surface area contributed by atoms with Gasteiger partial charge in [0.05, 0.1) is 17.7 Å². The minimum absolute atomic E-state index is 0.0527. The van der Waals surface area contributed by atoms with E-state index in [-0.39, 0.29) is 23.3 Å². The molecule has 0 unspecified atom stereocenters. The van der Waals surface area contributed by atoms with Gasteiger partial charge in [0.2, 0.25) is 15.9 Å². The van der Waals surface area contributed by atoms with Crippen LogP contribution in [-0.4, -0.2) is 44.8 Å². The monoisotopic (exact) mass is 405 g/mol. The summed E-state index contributed by atoms with van der Waals surface area (Å²) in [4.78, 5) is 25.6. The lowest BCUT2D eigenvalue weighted by molar-refractivity contribution is -0.127. The molecular formula is C19H23N3O5S. The number of furan rings is 1. The summed E-state index contributed by atoms with van der Waals surface area (Å²) in [6.45, 7) is 1.93. The Bertz CT molecular complexity index is 908. The molecule has 0 aliphatic carbocycles. The molecule has 1 fully saturated rings. The number of sulfonamides is 1. The van der Waals surface area contributed by atoms with Gasteiger partial charge in [-0.2, -0.15) is 0 Å². The normalized spacial score (nSPS) is 14.4. The Labute approximate surface area is 164 Å². The van der Waals surface area contributed by atoms with Crippen LogP contribution in [0.2, 0.25) is 0 Å². The van der Waals surface area contributed by atoms with Crippen molar-refractivity contribution < 1.29 is 22.4 Å². The molecule has 150 valence electrons. The highest BCUT2D eigenvalue weighted by Gasteiger charge is 2.19. The van der Waals surface area contributed by atoms with E-state index >= 15 is 0 Å². The Morgan fingerprint density at radius 2 is 1.96 bits per heavy atom. The van der Waals surface area contributed by atoms with Crippen molar-refractivity contribution in [3.63, 3.8) is 0 Å². The molecule has 1 saturated heterocycles. The van der Waals surface area contributed by atoms with Gasteiger partial charge in [-0.05, 0) is 49.2 Å². The molecule has 0 radical (unpaired) electrons. The van der Waals surface area contributed by atoms with E-state index in [1.54, 1.807) is 12.1 Å². The van der Waals surface area contributed by atoms with Gasteiger partial charge in [-0.1, -0.05) is 0 Å². The molecule has 3 rings (SSSR count). The lowest BCUT2D eigenvalue weighted by Crippen LogP contribution is -2.30. The van der Waals surface area contributed by atoms with Crippen LogP contribution in [0, 0.1) is 0 Å². The zero-order valence-electron chi connectivity index (χ0n) is 15.4. The number of carbonyl (C=O) groups excluding carboxylic acids is 2. The molecule has 2 amide bonds. The van der Waals surface area contributed by atoms with E-state index in [4.69, 9.17) is 4.42 Å². The predicted molar refractivity (Wildman–Crippen MR) is 102 cm³/mol. The zero-order chi connectivity index (χ0) is 20.0. The van der Waals surface area contributed by atoms with Crippen LogP contribution in [0.3, 0.4) is 0 Å². The van der Waals surface area contributed by atoms with Crippen molar-refractivity contribution in [1.29, 1.82) is 0 Å². The van der Waals surface area contributed by atoms with Crippen LogP contribution >= 0.6 is 0 Å². The summed E-state index contributed by atoms with van der Waals surface area (Å²) in [6, 6.07) is 9.09. The topological polar surface area (TPSA) is 109 Å². The van der Waals surface area contributed by atoms with E-state index in [1.807, 2.05) is 4.90 Å². The number of rotatable bonds is 9. The van der Waals surface area contributed by atoms with Crippen molar-refractivity contribution in [3.8, 4) is 0 Å². The summed E-state index contributed by atoms with van der Waals surface area (Å²) in [5.41, 5.74) is 0.377. The van der Waals surface area contributed by atoms with Crippen molar-refractivity contribution in [2.45, 2.75) is 30.7 Å². The smallest absolute Gasteiger partial charge is 0.251 e. The second-order valence-electron chi connectivity index (χ2n) is 6.52. The van der Waals surface area contributed by atoms with E-state index in [9.17, 15) is 18.0 Å². The number of carbonyl (C=O) groups is 2.